The van der Waals surface area contributed by atoms with Gasteiger partial charge in [-0.05, 0) is 31.6 Å². The minimum atomic E-state index is -0.775. The molecule has 122 valence electrons. The van der Waals surface area contributed by atoms with Crippen molar-refractivity contribution in [3.05, 3.63) is 0 Å². The molecular formula is C16H25N3O3. The third-order valence-electron chi connectivity index (χ3n) is 5.52. The molecule has 2 N–H and O–H groups in total. The largest absolute Gasteiger partial charge is 0.352 e. The average Bonchev–Trinajstić information content (AvgIpc) is 3.06. The zero-order valence-electron chi connectivity index (χ0n) is 13.2. The van der Waals surface area contributed by atoms with Crippen LogP contribution in [-0.4, -0.2) is 40.9 Å². The van der Waals surface area contributed by atoms with Gasteiger partial charge in [0, 0.05) is 6.04 Å². The van der Waals surface area contributed by atoms with Crippen LogP contribution in [0.1, 0.15) is 58.3 Å². The van der Waals surface area contributed by atoms with Crippen LogP contribution in [0.25, 0.3) is 0 Å². The first-order chi connectivity index (χ1) is 10.5. The molecule has 1 saturated heterocycles. The Morgan fingerprint density at radius 2 is 1.91 bits per heavy atom. The van der Waals surface area contributed by atoms with Crippen LogP contribution >= 0.6 is 0 Å². The van der Waals surface area contributed by atoms with E-state index in [1.165, 1.54) is 0 Å². The number of hydrogen-bond donors (Lipinski definition) is 2. The summed E-state index contributed by atoms with van der Waals surface area (Å²) in [5.41, 5.74) is -0.775. The van der Waals surface area contributed by atoms with Crippen LogP contribution in [0.5, 0.6) is 0 Å². The molecule has 4 amide bonds. The van der Waals surface area contributed by atoms with Gasteiger partial charge in [0.2, 0.25) is 5.91 Å². The fourth-order valence-corrected chi connectivity index (χ4v) is 4.13. The van der Waals surface area contributed by atoms with Gasteiger partial charge in [-0.1, -0.05) is 32.6 Å². The molecule has 3 aliphatic rings. The van der Waals surface area contributed by atoms with E-state index in [1.807, 2.05) is 6.92 Å². The molecule has 0 aromatic rings. The highest BCUT2D eigenvalue weighted by Crippen LogP contribution is 2.38. The van der Waals surface area contributed by atoms with Gasteiger partial charge in [-0.25, -0.2) is 4.79 Å². The van der Waals surface area contributed by atoms with E-state index in [2.05, 4.69) is 10.6 Å². The molecule has 2 unspecified atom stereocenters. The van der Waals surface area contributed by atoms with Crippen molar-refractivity contribution >= 4 is 17.8 Å². The van der Waals surface area contributed by atoms with E-state index in [0.29, 0.717) is 6.42 Å². The topological polar surface area (TPSA) is 78.5 Å². The Kier molecular flexibility index (Phi) is 4.10. The molecule has 2 aliphatic carbocycles. The Labute approximate surface area is 131 Å². The molecule has 0 aromatic carbocycles. The van der Waals surface area contributed by atoms with E-state index in [9.17, 15) is 14.4 Å². The van der Waals surface area contributed by atoms with Gasteiger partial charge in [0.05, 0.1) is 0 Å². The summed E-state index contributed by atoms with van der Waals surface area (Å²) in [7, 11) is 0. The second-order valence-corrected chi connectivity index (χ2v) is 6.99. The van der Waals surface area contributed by atoms with Gasteiger partial charge in [0.25, 0.3) is 5.91 Å². The molecule has 0 radical (unpaired) electrons. The molecule has 2 saturated carbocycles. The van der Waals surface area contributed by atoms with Gasteiger partial charge >= 0.3 is 6.03 Å². The number of nitrogens with one attached hydrogen (secondary N) is 2. The lowest BCUT2D eigenvalue weighted by molar-refractivity contribution is -0.137. The quantitative estimate of drug-likeness (QED) is 0.776. The summed E-state index contributed by atoms with van der Waals surface area (Å²) in [4.78, 5) is 38.1. The van der Waals surface area contributed by atoms with Crippen LogP contribution in [-0.2, 0) is 9.59 Å². The van der Waals surface area contributed by atoms with E-state index in [0.717, 1.165) is 49.8 Å². The molecule has 1 spiro atoms. The van der Waals surface area contributed by atoms with Crippen molar-refractivity contribution in [1.29, 1.82) is 0 Å². The van der Waals surface area contributed by atoms with Crippen molar-refractivity contribution in [2.24, 2.45) is 5.92 Å². The number of imide groups is 1. The maximum atomic E-state index is 12.7. The van der Waals surface area contributed by atoms with Gasteiger partial charge in [0.1, 0.15) is 12.1 Å². The fraction of sp³-hybridized carbons (Fsp3) is 0.812. The second-order valence-electron chi connectivity index (χ2n) is 6.99. The highest BCUT2D eigenvalue weighted by atomic mass is 16.2. The standard InChI is InChI=1S/C16H25N3O3/c1-11-6-4-5-9-16(11)14(21)19(15(22)18-16)10-13(20)17-12-7-2-3-8-12/h11-12H,2-10H2,1H3,(H,17,20)(H,18,22). The van der Waals surface area contributed by atoms with Crippen LogP contribution in [0.2, 0.25) is 0 Å². The van der Waals surface area contributed by atoms with Crippen LogP contribution in [0.15, 0.2) is 0 Å². The first-order valence-electron chi connectivity index (χ1n) is 8.46. The van der Waals surface area contributed by atoms with E-state index < -0.39 is 11.6 Å². The van der Waals surface area contributed by atoms with Crippen molar-refractivity contribution in [2.75, 3.05) is 6.54 Å². The molecule has 1 aliphatic heterocycles. The summed E-state index contributed by atoms with van der Waals surface area (Å²) in [6.45, 7) is 1.86. The van der Waals surface area contributed by atoms with Crippen molar-refractivity contribution in [1.82, 2.24) is 15.5 Å². The first kappa shape index (κ1) is 15.3. The minimum absolute atomic E-state index is 0.126. The number of hydrogen-bond acceptors (Lipinski definition) is 3. The highest BCUT2D eigenvalue weighted by Gasteiger charge is 2.55. The Morgan fingerprint density at radius 1 is 1.23 bits per heavy atom. The Morgan fingerprint density at radius 3 is 2.59 bits per heavy atom. The van der Waals surface area contributed by atoms with E-state index in [1.54, 1.807) is 0 Å². The molecule has 22 heavy (non-hydrogen) atoms. The predicted octanol–water partition coefficient (Wildman–Crippen LogP) is 1.55. The third kappa shape index (κ3) is 2.59. The van der Waals surface area contributed by atoms with Gasteiger partial charge in [0.15, 0.2) is 0 Å². The summed E-state index contributed by atoms with van der Waals surface area (Å²) >= 11 is 0. The Hall–Kier alpha value is -1.59. The SMILES string of the molecule is CC1CCCCC12NC(=O)N(CC(=O)NC1CCCC1)C2=O. The number of urea groups is 1. The van der Waals surface area contributed by atoms with Crippen LogP contribution in [0.4, 0.5) is 4.79 Å². The summed E-state index contributed by atoms with van der Waals surface area (Å²) in [6, 6.07) is -0.212. The lowest BCUT2D eigenvalue weighted by atomic mass is 9.73. The lowest BCUT2D eigenvalue weighted by Crippen LogP contribution is -2.54. The van der Waals surface area contributed by atoms with Crippen molar-refractivity contribution in [2.45, 2.75) is 69.9 Å². The van der Waals surface area contributed by atoms with Gasteiger partial charge in [-0.15, -0.1) is 0 Å². The number of amides is 4. The minimum Gasteiger partial charge on any atom is -0.352 e. The zero-order chi connectivity index (χ0) is 15.7. The molecule has 6 nitrogen and oxygen atoms in total. The summed E-state index contributed by atoms with van der Waals surface area (Å²) in [5, 5.41) is 5.81. The molecular weight excluding hydrogens is 282 g/mol. The van der Waals surface area contributed by atoms with Gasteiger partial charge < -0.3 is 10.6 Å². The Balaban J connectivity index is 1.65. The fourth-order valence-electron chi connectivity index (χ4n) is 4.13. The van der Waals surface area contributed by atoms with Gasteiger partial charge in [-0.2, -0.15) is 0 Å². The molecule has 0 aromatic heterocycles. The molecule has 6 heteroatoms. The molecule has 2 atom stereocenters. The van der Waals surface area contributed by atoms with E-state index >= 15 is 0 Å². The molecule has 3 fully saturated rings. The van der Waals surface area contributed by atoms with Crippen molar-refractivity contribution < 1.29 is 14.4 Å². The monoisotopic (exact) mass is 307 g/mol. The maximum absolute atomic E-state index is 12.7. The summed E-state index contributed by atoms with van der Waals surface area (Å²) in [5.74, 6) is -0.317. The summed E-state index contributed by atoms with van der Waals surface area (Å²) < 4.78 is 0. The number of rotatable bonds is 3. The van der Waals surface area contributed by atoms with Crippen LogP contribution < -0.4 is 10.6 Å². The Bertz CT molecular complexity index is 487. The van der Waals surface area contributed by atoms with Gasteiger partial charge in [-0.3, -0.25) is 14.5 Å². The second kappa shape index (κ2) is 5.89. The van der Waals surface area contributed by atoms with E-state index in [-0.39, 0.29) is 30.3 Å². The lowest BCUT2D eigenvalue weighted by Gasteiger charge is -2.36. The number of nitrogens with zero attached hydrogens (tertiary/aromatic N) is 1. The smallest absolute Gasteiger partial charge is 0.325 e. The zero-order valence-corrected chi connectivity index (χ0v) is 13.2. The number of carbonyl (C=O) groups is 3. The molecule has 1 heterocycles. The van der Waals surface area contributed by atoms with Crippen molar-refractivity contribution in [3.63, 3.8) is 0 Å². The summed E-state index contributed by atoms with van der Waals surface area (Å²) in [6.07, 6.45) is 7.91. The van der Waals surface area contributed by atoms with Crippen molar-refractivity contribution in [3.8, 4) is 0 Å². The van der Waals surface area contributed by atoms with E-state index in [4.69, 9.17) is 0 Å². The number of carbonyl (C=O) groups excluding carboxylic acids is 3. The van der Waals surface area contributed by atoms with Crippen LogP contribution in [0.3, 0.4) is 0 Å². The normalized spacial score (nSPS) is 32.6. The predicted molar refractivity (Wildman–Crippen MR) is 81.0 cm³/mol. The highest BCUT2D eigenvalue weighted by molar-refractivity contribution is 6.09. The molecule has 0 bridgehead atoms. The third-order valence-corrected chi connectivity index (χ3v) is 5.52. The first-order valence-corrected chi connectivity index (χ1v) is 8.46. The van der Waals surface area contributed by atoms with Crippen LogP contribution in [0, 0.1) is 5.92 Å². The maximum Gasteiger partial charge on any atom is 0.325 e. The average molecular weight is 307 g/mol. The molecule has 3 rings (SSSR count).